The summed E-state index contributed by atoms with van der Waals surface area (Å²) in [5, 5.41) is 6.96. The van der Waals surface area contributed by atoms with Gasteiger partial charge >= 0.3 is 12.1 Å². The number of anilines is 1. The first kappa shape index (κ1) is 25.3. The predicted molar refractivity (Wildman–Crippen MR) is 145 cm³/mol. The molecule has 7 heteroatoms. The minimum absolute atomic E-state index is 0.136. The van der Waals surface area contributed by atoms with Gasteiger partial charge < -0.3 is 14.0 Å². The van der Waals surface area contributed by atoms with E-state index in [0.29, 0.717) is 23.7 Å². The van der Waals surface area contributed by atoms with E-state index in [1.807, 2.05) is 92.7 Å². The van der Waals surface area contributed by atoms with Crippen molar-refractivity contribution >= 4 is 17.7 Å². The zero-order chi connectivity index (χ0) is 26.7. The molecule has 0 bridgehead atoms. The molecule has 1 saturated carbocycles. The Morgan fingerprint density at radius 3 is 2.16 bits per heavy atom. The van der Waals surface area contributed by atoms with Gasteiger partial charge in [-0.2, -0.15) is 0 Å². The highest BCUT2D eigenvalue weighted by atomic mass is 16.6. The van der Waals surface area contributed by atoms with Crippen molar-refractivity contribution in [3.8, 4) is 22.4 Å². The number of aromatic nitrogens is 1. The van der Waals surface area contributed by atoms with Gasteiger partial charge in [0, 0.05) is 5.56 Å². The molecule has 1 heterocycles. The zero-order valence-corrected chi connectivity index (χ0v) is 21.7. The van der Waals surface area contributed by atoms with E-state index >= 15 is 0 Å². The SMILES string of the molecule is CCOC(=O)C1(c2ccc(-c3ccc(-c4noc(C)c4NC(=O)O[C@H](C)c4ccccc4)cc3)cc2)CC1. The quantitative estimate of drug-likeness (QED) is 0.252. The molecule has 38 heavy (non-hydrogen) atoms. The average Bonchev–Trinajstić information content (AvgIpc) is 3.68. The molecule has 0 aliphatic heterocycles. The van der Waals surface area contributed by atoms with Crippen molar-refractivity contribution in [3.63, 3.8) is 0 Å². The van der Waals surface area contributed by atoms with Gasteiger partial charge in [-0.1, -0.05) is 84.0 Å². The van der Waals surface area contributed by atoms with Crippen molar-refractivity contribution in [2.75, 3.05) is 11.9 Å². The number of carbonyl (C=O) groups is 2. The Labute approximate surface area is 221 Å². The summed E-state index contributed by atoms with van der Waals surface area (Å²) in [7, 11) is 0. The van der Waals surface area contributed by atoms with Crippen molar-refractivity contribution in [1.29, 1.82) is 0 Å². The third kappa shape index (κ3) is 5.05. The van der Waals surface area contributed by atoms with E-state index < -0.39 is 17.6 Å². The first-order valence-corrected chi connectivity index (χ1v) is 12.8. The molecule has 4 aromatic rings. The normalized spacial score (nSPS) is 14.4. The molecule has 1 fully saturated rings. The summed E-state index contributed by atoms with van der Waals surface area (Å²) in [6, 6.07) is 25.5. The summed E-state index contributed by atoms with van der Waals surface area (Å²) in [4.78, 5) is 25.0. The predicted octanol–water partition coefficient (Wildman–Crippen LogP) is 7.22. The van der Waals surface area contributed by atoms with Crippen LogP contribution >= 0.6 is 0 Å². The first-order chi connectivity index (χ1) is 18.4. The molecule has 0 spiro atoms. The summed E-state index contributed by atoms with van der Waals surface area (Å²) in [6.45, 7) is 5.79. The molecule has 5 rings (SSSR count). The van der Waals surface area contributed by atoms with Gasteiger partial charge in [-0.15, -0.1) is 0 Å². The van der Waals surface area contributed by atoms with Crippen LogP contribution in [0.25, 0.3) is 22.4 Å². The minimum atomic E-state index is -0.582. The van der Waals surface area contributed by atoms with Crippen molar-refractivity contribution < 1.29 is 23.6 Å². The van der Waals surface area contributed by atoms with E-state index in [4.69, 9.17) is 14.0 Å². The van der Waals surface area contributed by atoms with Crippen molar-refractivity contribution in [2.24, 2.45) is 0 Å². The highest BCUT2D eigenvalue weighted by Gasteiger charge is 2.52. The Morgan fingerprint density at radius 1 is 0.947 bits per heavy atom. The summed E-state index contributed by atoms with van der Waals surface area (Å²) < 4.78 is 16.2. The molecule has 0 radical (unpaired) electrons. The molecule has 1 atom stereocenters. The lowest BCUT2D eigenvalue weighted by Gasteiger charge is -2.15. The number of hydrogen-bond donors (Lipinski definition) is 1. The number of nitrogens with zero attached hydrogens (tertiary/aromatic N) is 1. The molecule has 1 aliphatic rings. The maximum absolute atomic E-state index is 12.6. The fourth-order valence-electron chi connectivity index (χ4n) is 4.61. The van der Waals surface area contributed by atoms with Crippen LogP contribution in [0.4, 0.5) is 10.5 Å². The van der Waals surface area contributed by atoms with Crippen LogP contribution in [0.2, 0.25) is 0 Å². The van der Waals surface area contributed by atoms with Crippen LogP contribution in [0.5, 0.6) is 0 Å². The van der Waals surface area contributed by atoms with Gasteiger partial charge in [-0.3, -0.25) is 10.1 Å². The number of amides is 1. The summed E-state index contributed by atoms with van der Waals surface area (Å²) in [5.41, 5.74) is 5.28. The smallest absolute Gasteiger partial charge is 0.412 e. The number of nitrogens with one attached hydrogen (secondary N) is 1. The highest BCUT2D eigenvalue weighted by Crippen LogP contribution is 2.49. The second-order valence-corrected chi connectivity index (χ2v) is 9.50. The molecule has 7 nitrogen and oxygen atoms in total. The summed E-state index contributed by atoms with van der Waals surface area (Å²) in [5.74, 6) is 0.349. The van der Waals surface area contributed by atoms with E-state index in [2.05, 4.69) is 10.5 Å². The van der Waals surface area contributed by atoms with Gasteiger partial charge in [-0.05, 0) is 55.9 Å². The summed E-state index contributed by atoms with van der Waals surface area (Å²) in [6.07, 6.45) is 0.664. The van der Waals surface area contributed by atoms with E-state index in [-0.39, 0.29) is 5.97 Å². The maximum atomic E-state index is 12.6. The molecule has 1 N–H and O–H groups in total. The number of hydrogen-bond acceptors (Lipinski definition) is 6. The van der Waals surface area contributed by atoms with Crippen LogP contribution in [0.3, 0.4) is 0 Å². The largest absolute Gasteiger partial charge is 0.465 e. The minimum Gasteiger partial charge on any atom is -0.465 e. The van der Waals surface area contributed by atoms with Crippen LogP contribution in [-0.2, 0) is 19.7 Å². The summed E-state index contributed by atoms with van der Waals surface area (Å²) >= 11 is 0. The second-order valence-electron chi connectivity index (χ2n) is 9.50. The van der Waals surface area contributed by atoms with Crippen LogP contribution in [0, 0.1) is 6.92 Å². The van der Waals surface area contributed by atoms with Crippen LogP contribution in [0.1, 0.15) is 49.7 Å². The van der Waals surface area contributed by atoms with Crippen molar-refractivity contribution in [2.45, 2.75) is 45.1 Å². The number of rotatable bonds is 8. The topological polar surface area (TPSA) is 90.7 Å². The molecule has 1 aliphatic carbocycles. The van der Waals surface area contributed by atoms with Gasteiger partial charge in [0.15, 0.2) is 5.76 Å². The monoisotopic (exact) mass is 510 g/mol. The lowest BCUT2D eigenvalue weighted by Crippen LogP contribution is -2.23. The first-order valence-electron chi connectivity index (χ1n) is 12.8. The molecular weight excluding hydrogens is 480 g/mol. The Hall–Kier alpha value is -4.39. The molecule has 194 valence electrons. The fraction of sp³-hybridized carbons (Fsp3) is 0.258. The van der Waals surface area contributed by atoms with Gasteiger partial charge in [0.2, 0.25) is 0 Å². The van der Waals surface area contributed by atoms with Crippen LogP contribution < -0.4 is 5.32 Å². The van der Waals surface area contributed by atoms with E-state index in [9.17, 15) is 9.59 Å². The van der Waals surface area contributed by atoms with E-state index in [1.54, 1.807) is 6.92 Å². The number of esters is 1. The maximum Gasteiger partial charge on any atom is 0.412 e. The molecular formula is C31H30N2O5. The van der Waals surface area contributed by atoms with Gasteiger partial charge in [-0.25, -0.2) is 4.79 Å². The fourth-order valence-corrected chi connectivity index (χ4v) is 4.61. The Morgan fingerprint density at radius 2 is 1.55 bits per heavy atom. The van der Waals surface area contributed by atoms with Gasteiger partial charge in [0.1, 0.15) is 17.5 Å². The number of carbonyl (C=O) groups excluding carboxylic acids is 2. The third-order valence-electron chi connectivity index (χ3n) is 6.99. The average molecular weight is 511 g/mol. The molecule has 0 saturated heterocycles. The van der Waals surface area contributed by atoms with Gasteiger partial charge in [0.25, 0.3) is 0 Å². The number of ether oxygens (including phenoxy) is 2. The molecule has 1 amide bonds. The zero-order valence-electron chi connectivity index (χ0n) is 21.7. The number of aryl methyl sites for hydroxylation is 1. The van der Waals surface area contributed by atoms with Gasteiger partial charge in [0.05, 0.1) is 12.0 Å². The van der Waals surface area contributed by atoms with Crippen molar-refractivity contribution in [1.82, 2.24) is 5.16 Å². The van der Waals surface area contributed by atoms with Crippen LogP contribution in [0.15, 0.2) is 83.4 Å². The third-order valence-corrected chi connectivity index (χ3v) is 6.99. The standard InChI is InChI=1S/C31H30N2O5/c1-4-36-29(34)31(18-19-31)26-16-14-24(15-17-26)23-10-12-25(13-11-23)28-27(21(3)38-33-28)32-30(35)37-20(2)22-8-6-5-7-9-22/h5-17,20H,4,18-19H2,1-3H3,(H,32,35)/t20-/m1/s1. The van der Waals surface area contributed by atoms with E-state index in [1.165, 1.54) is 0 Å². The number of benzene rings is 3. The molecule has 3 aromatic carbocycles. The Kier molecular flexibility index (Phi) is 7.01. The molecule has 1 aromatic heterocycles. The van der Waals surface area contributed by atoms with Crippen LogP contribution in [-0.4, -0.2) is 23.8 Å². The Bertz CT molecular complexity index is 1420. The van der Waals surface area contributed by atoms with E-state index in [0.717, 1.165) is 40.7 Å². The Balaban J connectivity index is 1.29. The molecule has 0 unspecified atom stereocenters. The highest BCUT2D eigenvalue weighted by molar-refractivity contribution is 5.91. The lowest BCUT2D eigenvalue weighted by molar-refractivity contribution is -0.146. The van der Waals surface area contributed by atoms with Crippen molar-refractivity contribution in [3.05, 3.63) is 95.7 Å². The second kappa shape index (κ2) is 10.5. The lowest BCUT2D eigenvalue weighted by atomic mass is 9.93.